The van der Waals surface area contributed by atoms with E-state index in [1.807, 2.05) is 26.0 Å². The molecule has 0 unspecified atom stereocenters. The lowest BCUT2D eigenvalue weighted by Crippen LogP contribution is -2.38. The maximum absolute atomic E-state index is 13.6. The zero-order chi connectivity index (χ0) is 19.9. The van der Waals surface area contributed by atoms with Crippen molar-refractivity contribution >= 4 is 27.3 Å². The number of hydrogen-bond donors (Lipinski definition) is 0. The topological polar surface area (TPSA) is 72.6 Å². The van der Waals surface area contributed by atoms with Crippen LogP contribution in [0.2, 0.25) is 5.02 Å². The molecule has 28 heavy (non-hydrogen) atoms. The van der Waals surface area contributed by atoms with Gasteiger partial charge in [0.15, 0.2) is 5.76 Å². The third-order valence-electron chi connectivity index (χ3n) is 4.67. The number of ether oxygens (including phenoxy) is 1. The van der Waals surface area contributed by atoms with Gasteiger partial charge in [0, 0.05) is 16.7 Å². The first-order valence-electron chi connectivity index (χ1n) is 8.92. The number of anilines is 1. The number of rotatable bonds is 4. The molecule has 0 bridgehead atoms. The highest BCUT2D eigenvalue weighted by Gasteiger charge is 2.32. The number of halogens is 1. The summed E-state index contributed by atoms with van der Waals surface area (Å²) in [6.07, 6.45) is 0.580. The van der Waals surface area contributed by atoms with Crippen LogP contribution in [0.25, 0.3) is 11.3 Å². The molecule has 0 amide bonds. The van der Waals surface area contributed by atoms with Gasteiger partial charge in [0.05, 0.1) is 22.8 Å². The lowest BCUT2D eigenvalue weighted by molar-refractivity contribution is 0.316. The summed E-state index contributed by atoms with van der Waals surface area (Å²) in [5.41, 5.74) is 2.57. The minimum Gasteiger partial charge on any atom is -0.489 e. The molecule has 0 saturated heterocycles. The van der Waals surface area contributed by atoms with E-state index < -0.39 is 10.0 Å². The number of aryl methyl sites for hydroxylation is 2. The summed E-state index contributed by atoms with van der Waals surface area (Å²) in [7, 11) is -3.83. The third-order valence-corrected chi connectivity index (χ3v) is 6.80. The lowest BCUT2D eigenvalue weighted by atomic mass is 10.1. The average Bonchev–Trinajstić information content (AvgIpc) is 3.13. The molecule has 0 N–H and O–H groups in total. The monoisotopic (exact) mass is 418 g/mol. The van der Waals surface area contributed by atoms with Gasteiger partial charge in [0.1, 0.15) is 12.4 Å². The maximum atomic E-state index is 13.6. The van der Waals surface area contributed by atoms with E-state index in [0.717, 1.165) is 11.3 Å². The summed E-state index contributed by atoms with van der Waals surface area (Å²) in [6.45, 7) is 4.23. The van der Waals surface area contributed by atoms with Gasteiger partial charge in [0.2, 0.25) is 0 Å². The van der Waals surface area contributed by atoms with Crippen LogP contribution in [-0.4, -0.2) is 26.7 Å². The molecule has 6 nitrogen and oxygen atoms in total. The van der Waals surface area contributed by atoms with E-state index in [9.17, 15) is 8.42 Å². The van der Waals surface area contributed by atoms with Gasteiger partial charge >= 0.3 is 0 Å². The number of benzene rings is 2. The molecule has 0 spiro atoms. The van der Waals surface area contributed by atoms with Crippen molar-refractivity contribution in [3.05, 3.63) is 58.7 Å². The average molecular weight is 419 g/mol. The van der Waals surface area contributed by atoms with Crippen LogP contribution >= 0.6 is 11.6 Å². The molecule has 0 saturated carbocycles. The predicted molar refractivity (Wildman–Crippen MR) is 108 cm³/mol. The van der Waals surface area contributed by atoms with Crippen LogP contribution in [0.1, 0.15) is 18.2 Å². The van der Waals surface area contributed by atoms with Crippen LogP contribution in [0.3, 0.4) is 0 Å². The number of hydrogen-bond acceptors (Lipinski definition) is 5. The Morgan fingerprint density at radius 2 is 2.00 bits per heavy atom. The Balaban J connectivity index is 1.85. The van der Waals surface area contributed by atoms with Gasteiger partial charge in [-0.05, 0) is 43.2 Å². The fourth-order valence-corrected chi connectivity index (χ4v) is 5.21. The molecule has 146 valence electrons. The second-order valence-electron chi connectivity index (χ2n) is 6.55. The lowest BCUT2D eigenvalue weighted by Gasteiger charge is -2.31. The highest BCUT2D eigenvalue weighted by Crippen LogP contribution is 2.38. The quantitative estimate of drug-likeness (QED) is 0.625. The molecule has 2 aromatic carbocycles. The second-order valence-corrected chi connectivity index (χ2v) is 8.81. The smallest absolute Gasteiger partial charge is 0.264 e. The van der Waals surface area contributed by atoms with Crippen molar-refractivity contribution in [1.29, 1.82) is 0 Å². The summed E-state index contributed by atoms with van der Waals surface area (Å²) in [4.78, 5) is 0.245. The molecule has 0 radical (unpaired) electrons. The molecule has 8 heteroatoms. The van der Waals surface area contributed by atoms with E-state index in [4.69, 9.17) is 20.9 Å². The standard InChI is InChI=1S/C20H19ClN2O4S/c1-3-14-4-5-15(19-10-13(2)22-27-19)11-20(14)28(24,25)23-8-9-26-18-7-6-16(21)12-17(18)23/h4-7,10-12H,3,8-9H2,1-2H3. The van der Waals surface area contributed by atoms with Gasteiger partial charge in [-0.15, -0.1) is 0 Å². The van der Waals surface area contributed by atoms with E-state index in [1.165, 1.54) is 4.31 Å². The first-order valence-corrected chi connectivity index (χ1v) is 10.7. The fraction of sp³-hybridized carbons (Fsp3) is 0.250. The summed E-state index contributed by atoms with van der Waals surface area (Å²) < 4.78 is 39.5. The zero-order valence-electron chi connectivity index (χ0n) is 15.5. The molecule has 1 aliphatic heterocycles. The Kier molecular flexibility index (Phi) is 4.81. The molecule has 0 fully saturated rings. The molecule has 3 aromatic rings. The normalized spacial score (nSPS) is 13.9. The molecule has 2 heterocycles. The number of nitrogens with zero attached hydrogens (tertiary/aromatic N) is 2. The molecule has 4 rings (SSSR count). The van der Waals surface area contributed by atoms with Crippen molar-refractivity contribution in [3.63, 3.8) is 0 Å². The predicted octanol–water partition coefficient (Wildman–Crippen LogP) is 4.45. The van der Waals surface area contributed by atoms with Crippen LogP contribution in [0.15, 0.2) is 51.9 Å². The second kappa shape index (κ2) is 7.14. The molecule has 1 aliphatic rings. The fourth-order valence-electron chi connectivity index (χ4n) is 3.27. The molecular formula is C20H19ClN2O4S. The van der Waals surface area contributed by atoms with Gasteiger partial charge in [-0.2, -0.15) is 0 Å². The SMILES string of the molecule is CCc1ccc(-c2cc(C)no2)cc1S(=O)(=O)N1CCOc2ccc(Cl)cc21. The summed E-state index contributed by atoms with van der Waals surface area (Å²) >= 11 is 6.11. The van der Waals surface area contributed by atoms with E-state index in [0.29, 0.717) is 34.2 Å². The minimum absolute atomic E-state index is 0.213. The van der Waals surface area contributed by atoms with E-state index in [2.05, 4.69) is 5.16 Å². The highest BCUT2D eigenvalue weighted by molar-refractivity contribution is 7.93. The van der Waals surface area contributed by atoms with E-state index in [1.54, 1.807) is 30.3 Å². The number of aromatic nitrogens is 1. The van der Waals surface area contributed by atoms with Gasteiger partial charge in [-0.1, -0.05) is 35.8 Å². The van der Waals surface area contributed by atoms with Gasteiger partial charge in [0.25, 0.3) is 10.0 Å². The van der Waals surface area contributed by atoms with Crippen LogP contribution in [0, 0.1) is 6.92 Å². The van der Waals surface area contributed by atoms with Crippen molar-refractivity contribution < 1.29 is 17.7 Å². The van der Waals surface area contributed by atoms with Crippen LogP contribution in [-0.2, 0) is 16.4 Å². The highest BCUT2D eigenvalue weighted by atomic mass is 35.5. The molecular weight excluding hydrogens is 400 g/mol. The van der Waals surface area contributed by atoms with Crippen molar-refractivity contribution in [3.8, 4) is 17.1 Å². The van der Waals surface area contributed by atoms with Gasteiger partial charge in [-0.3, -0.25) is 4.31 Å². The summed E-state index contributed by atoms with van der Waals surface area (Å²) in [6, 6.07) is 12.1. The minimum atomic E-state index is -3.83. The van der Waals surface area contributed by atoms with Crippen molar-refractivity contribution in [2.24, 2.45) is 0 Å². The van der Waals surface area contributed by atoms with Crippen molar-refractivity contribution in [2.75, 3.05) is 17.5 Å². The maximum Gasteiger partial charge on any atom is 0.264 e. The summed E-state index contributed by atoms with van der Waals surface area (Å²) in [5, 5.41) is 4.34. The molecule has 0 aliphatic carbocycles. The third kappa shape index (κ3) is 3.25. The van der Waals surface area contributed by atoms with Crippen LogP contribution in [0.5, 0.6) is 5.75 Å². The largest absolute Gasteiger partial charge is 0.489 e. The Hall–Kier alpha value is -2.51. The summed E-state index contributed by atoms with van der Waals surface area (Å²) in [5.74, 6) is 1.03. The zero-order valence-corrected chi connectivity index (χ0v) is 17.0. The van der Waals surface area contributed by atoms with Crippen LogP contribution in [0.4, 0.5) is 5.69 Å². The van der Waals surface area contributed by atoms with Gasteiger partial charge in [-0.25, -0.2) is 8.42 Å². The van der Waals surface area contributed by atoms with Gasteiger partial charge < -0.3 is 9.26 Å². The Morgan fingerprint density at radius 1 is 1.18 bits per heavy atom. The first kappa shape index (κ1) is 18.8. The van der Waals surface area contributed by atoms with Crippen LogP contribution < -0.4 is 9.04 Å². The Labute approximate surface area is 168 Å². The molecule has 0 atom stereocenters. The van der Waals surface area contributed by atoms with Crippen molar-refractivity contribution in [2.45, 2.75) is 25.2 Å². The van der Waals surface area contributed by atoms with Crippen molar-refractivity contribution in [1.82, 2.24) is 5.16 Å². The number of fused-ring (bicyclic) bond motifs is 1. The Bertz CT molecular complexity index is 1140. The number of sulfonamides is 1. The molecule has 1 aromatic heterocycles. The first-order chi connectivity index (χ1) is 13.4. The van der Waals surface area contributed by atoms with E-state index >= 15 is 0 Å². The Morgan fingerprint density at radius 3 is 2.71 bits per heavy atom. The van der Waals surface area contributed by atoms with E-state index in [-0.39, 0.29) is 18.0 Å².